The molecule has 2 atom stereocenters. The molecule has 1 heterocycles. The zero-order valence-electron chi connectivity index (χ0n) is 12.0. The maximum Gasteiger partial charge on any atom is 0.122 e. The molecule has 0 saturated carbocycles. The number of piperazine rings is 1. The number of ether oxygens (including phenoxy) is 1. The van der Waals surface area contributed by atoms with Crippen molar-refractivity contribution in [1.29, 1.82) is 0 Å². The van der Waals surface area contributed by atoms with Gasteiger partial charge in [-0.25, -0.2) is 0 Å². The predicted molar refractivity (Wildman–Crippen MR) is 77.8 cm³/mol. The summed E-state index contributed by atoms with van der Waals surface area (Å²) in [7, 11) is 1.78. The van der Waals surface area contributed by atoms with Gasteiger partial charge in [-0.1, -0.05) is 12.1 Å². The molecule has 0 spiro atoms. The summed E-state index contributed by atoms with van der Waals surface area (Å²) in [5.74, 6) is 1.07. The van der Waals surface area contributed by atoms with Crippen LogP contribution in [0.2, 0.25) is 0 Å². The number of hydrogen-bond acceptors (Lipinski definition) is 3. The van der Waals surface area contributed by atoms with Crippen molar-refractivity contribution in [3.8, 4) is 5.75 Å². The maximum absolute atomic E-state index is 5.54. The first-order chi connectivity index (χ1) is 9.29. The zero-order chi connectivity index (χ0) is 13.2. The van der Waals surface area contributed by atoms with Crippen molar-refractivity contribution >= 4 is 0 Å². The highest BCUT2D eigenvalue weighted by atomic mass is 16.5. The van der Waals surface area contributed by atoms with Crippen LogP contribution in [0.4, 0.5) is 0 Å². The Labute approximate surface area is 115 Å². The van der Waals surface area contributed by atoms with E-state index in [2.05, 4.69) is 35.3 Å². The highest BCUT2D eigenvalue weighted by molar-refractivity contribution is 5.42. The minimum absolute atomic E-state index is 0.648. The van der Waals surface area contributed by atoms with Crippen LogP contribution in [0.25, 0.3) is 0 Å². The SMILES string of the molecule is COc1cccc2c1CC(N1CCNCC1C)CC2. The quantitative estimate of drug-likeness (QED) is 0.878. The normalized spacial score (nSPS) is 27.9. The second kappa shape index (κ2) is 5.51. The second-order valence-corrected chi connectivity index (χ2v) is 5.79. The molecular formula is C16H24N2O. The summed E-state index contributed by atoms with van der Waals surface area (Å²) in [6.45, 7) is 5.76. The van der Waals surface area contributed by atoms with E-state index in [0.29, 0.717) is 12.1 Å². The lowest BCUT2D eigenvalue weighted by molar-refractivity contribution is 0.106. The molecule has 104 valence electrons. The van der Waals surface area contributed by atoms with Gasteiger partial charge < -0.3 is 10.1 Å². The largest absolute Gasteiger partial charge is 0.496 e. The fraction of sp³-hybridized carbons (Fsp3) is 0.625. The van der Waals surface area contributed by atoms with Crippen LogP contribution in [0.3, 0.4) is 0 Å². The molecule has 1 aromatic rings. The van der Waals surface area contributed by atoms with Gasteiger partial charge in [0.2, 0.25) is 0 Å². The Bertz CT molecular complexity index is 432. The van der Waals surface area contributed by atoms with Gasteiger partial charge in [0, 0.05) is 31.7 Å². The molecule has 19 heavy (non-hydrogen) atoms. The first kappa shape index (κ1) is 12.9. The number of methoxy groups -OCH3 is 1. The van der Waals surface area contributed by atoms with Gasteiger partial charge in [-0.2, -0.15) is 0 Å². The second-order valence-electron chi connectivity index (χ2n) is 5.79. The van der Waals surface area contributed by atoms with Crippen molar-refractivity contribution in [2.45, 2.75) is 38.3 Å². The van der Waals surface area contributed by atoms with Crippen molar-refractivity contribution in [3.63, 3.8) is 0 Å². The molecule has 1 N–H and O–H groups in total. The summed E-state index contributed by atoms with van der Waals surface area (Å²) in [5.41, 5.74) is 2.92. The molecule has 3 rings (SSSR count). The molecule has 0 aromatic heterocycles. The lowest BCUT2D eigenvalue weighted by Gasteiger charge is -2.42. The van der Waals surface area contributed by atoms with Gasteiger partial charge in [0.15, 0.2) is 0 Å². The molecule has 3 heteroatoms. The Kier molecular flexibility index (Phi) is 3.76. The van der Waals surface area contributed by atoms with Crippen molar-refractivity contribution in [2.75, 3.05) is 26.7 Å². The summed E-state index contributed by atoms with van der Waals surface area (Å²) in [5, 5.41) is 3.48. The predicted octanol–water partition coefficient (Wildman–Crippen LogP) is 1.85. The van der Waals surface area contributed by atoms with Gasteiger partial charge in [0.05, 0.1) is 7.11 Å². The lowest BCUT2D eigenvalue weighted by atomic mass is 9.86. The van der Waals surface area contributed by atoms with E-state index in [9.17, 15) is 0 Å². The minimum atomic E-state index is 0.648. The topological polar surface area (TPSA) is 24.5 Å². The standard InChI is InChI=1S/C16H24N2O/c1-12-11-17-8-9-18(12)14-7-6-13-4-3-5-16(19-2)15(13)10-14/h3-5,12,14,17H,6-11H2,1-2H3. The van der Waals surface area contributed by atoms with E-state index in [1.54, 1.807) is 7.11 Å². The average molecular weight is 260 g/mol. The number of nitrogens with one attached hydrogen (secondary N) is 1. The Hall–Kier alpha value is -1.06. The van der Waals surface area contributed by atoms with Crippen LogP contribution in [0.1, 0.15) is 24.5 Å². The van der Waals surface area contributed by atoms with Crippen LogP contribution in [0.15, 0.2) is 18.2 Å². The van der Waals surface area contributed by atoms with E-state index in [0.717, 1.165) is 25.3 Å². The van der Waals surface area contributed by atoms with Crippen molar-refractivity contribution in [3.05, 3.63) is 29.3 Å². The highest BCUT2D eigenvalue weighted by Crippen LogP contribution is 2.32. The summed E-state index contributed by atoms with van der Waals surface area (Å²) in [6.07, 6.45) is 3.61. The number of hydrogen-bond donors (Lipinski definition) is 1. The van der Waals surface area contributed by atoms with Gasteiger partial charge in [-0.15, -0.1) is 0 Å². The Morgan fingerprint density at radius 2 is 2.26 bits per heavy atom. The molecule has 1 fully saturated rings. The van der Waals surface area contributed by atoms with Crippen LogP contribution in [0, 0.1) is 0 Å². The van der Waals surface area contributed by atoms with Crippen LogP contribution >= 0.6 is 0 Å². The lowest BCUT2D eigenvalue weighted by Crippen LogP contribution is -2.55. The van der Waals surface area contributed by atoms with Crippen LogP contribution < -0.4 is 10.1 Å². The molecular weight excluding hydrogens is 236 g/mol. The van der Waals surface area contributed by atoms with E-state index in [-0.39, 0.29) is 0 Å². The third-order valence-electron chi connectivity index (χ3n) is 4.66. The Balaban J connectivity index is 1.81. The van der Waals surface area contributed by atoms with Gasteiger partial charge in [-0.05, 0) is 43.4 Å². The van der Waals surface area contributed by atoms with E-state index < -0.39 is 0 Å². The fourth-order valence-corrected chi connectivity index (χ4v) is 3.61. The van der Waals surface area contributed by atoms with Gasteiger partial charge in [0.25, 0.3) is 0 Å². The molecule has 2 unspecified atom stereocenters. The van der Waals surface area contributed by atoms with Crippen LogP contribution in [0.5, 0.6) is 5.75 Å². The van der Waals surface area contributed by atoms with E-state index in [1.165, 1.54) is 30.5 Å². The molecule has 1 aliphatic carbocycles. The highest BCUT2D eigenvalue weighted by Gasteiger charge is 2.30. The smallest absolute Gasteiger partial charge is 0.122 e. The van der Waals surface area contributed by atoms with Gasteiger partial charge in [0.1, 0.15) is 5.75 Å². The third-order valence-corrected chi connectivity index (χ3v) is 4.66. The summed E-state index contributed by atoms with van der Waals surface area (Å²) < 4.78 is 5.54. The van der Waals surface area contributed by atoms with E-state index in [4.69, 9.17) is 4.74 Å². The number of fused-ring (bicyclic) bond motifs is 1. The molecule has 0 amide bonds. The number of benzene rings is 1. The number of aryl methyl sites for hydroxylation is 1. The summed E-state index contributed by atoms with van der Waals surface area (Å²) >= 11 is 0. The van der Waals surface area contributed by atoms with Crippen molar-refractivity contribution in [2.24, 2.45) is 0 Å². The van der Waals surface area contributed by atoms with Gasteiger partial charge in [-0.3, -0.25) is 4.90 Å². The first-order valence-electron chi connectivity index (χ1n) is 7.41. The number of nitrogens with zero attached hydrogens (tertiary/aromatic N) is 1. The molecule has 0 radical (unpaired) electrons. The monoisotopic (exact) mass is 260 g/mol. The van der Waals surface area contributed by atoms with Crippen molar-refractivity contribution < 1.29 is 4.74 Å². The van der Waals surface area contributed by atoms with Crippen LogP contribution in [-0.2, 0) is 12.8 Å². The van der Waals surface area contributed by atoms with E-state index in [1.807, 2.05) is 0 Å². The molecule has 0 bridgehead atoms. The van der Waals surface area contributed by atoms with Gasteiger partial charge >= 0.3 is 0 Å². The molecule has 1 aromatic carbocycles. The van der Waals surface area contributed by atoms with Crippen molar-refractivity contribution in [1.82, 2.24) is 10.2 Å². The Morgan fingerprint density at radius 1 is 1.37 bits per heavy atom. The molecule has 1 aliphatic heterocycles. The molecule has 3 nitrogen and oxygen atoms in total. The maximum atomic E-state index is 5.54. The minimum Gasteiger partial charge on any atom is -0.496 e. The summed E-state index contributed by atoms with van der Waals surface area (Å²) in [6, 6.07) is 7.80. The first-order valence-corrected chi connectivity index (χ1v) is 7.41. The number of rotatable bonds is 2. The fourth-order valence-electron chi connectivity index (χ4n) is 3.61. The molecule has 2 aliphatic rings. The molecule has 1 saturated heterocycles. The zero-order valence-corrected chi connectivity index (χ0v) is 12.0. The summed E-state index contributed by atoms with van der Waals surface area (Å²) in [4.78, 5) is 2.69. The average Bonchev–Trinajstić information content (AvgIpc) is 2.46. The van der Waals surface area contributed by atoms with Crippen LogP contribution in [-0.4, -0.2) is 43.7 Å². The van der Waals surface area contributed by atoms with E-state index >= 15 is 0 Å². The third kappa shape index (κ3) is 2.49. The Morgan fingerprint density at radius 3 is 3.05 bits per heavy atom.